The molecule has 1 atom stereocenters. The van der Waals surface area contributed by atoms with Crippen LogP contribution in [-0.2, 0) is 31.0 Å². The fourth-order valence-electron chi connectivity index (χ4n) is 4.99. The Balaban J connectivity index is 6.93. The van der Waals surface area contributed by atoms with Crippen LogP contribution < -0.4 is 0 Å². The van der Waals surface area contributed by atoms with Crippen molar-refractivity contribution in [3.8, 4) is 0 Å². The lowest BCUT2D eigenvalue weighted by Gasteiger charge is -2.48. The Hall–Kier alpha value is 0.802. The maximum absolute atomic E-state index is 14.0. The Morgan fingerprint density at radius 3 is 1.84 bits per heavy atom. The van der Waals surface area contributed by atoms with Crippen LogP contribution in [-0.4, -0.2) is 86.1 Å². The predicted molar refractivity (Wildman–Crippen MR) is 187 cm³/mol. The first kappa shape index (κ1) is 38.8. The maximum Gasteiger partial charge on any atom is 0.371 e. The van der Waals surface area contributed by atoms with Crippen molar-refractivity contribution in [1.29, 1.82) is 0 Å². The highest BCUT2D eigenvalue weighted by atomic mass is 29.2. The summed E-state index contributed by atoms with van der Waals surface area (Å²) in [6.45, 7) is 32.7. The average Bonchev–Trinajstić information content (AvgIpc) is 2.65. The highest BCUT2D eigenvalue weighted by molar-refractivity contribution is 7.21. The molecule has 38 heavy (non-hydrogen) atoms. The summed E-state index contributed by atoms with van der Waals surface area (Å²) in [5.74, 6) is 0.257. The maximum atomic E-state index is 14.0. The molecule has 0 aliphatic carbocycles. The van der Waals surface area contributed by atoms with Crippen molar-refractivity contribution >= 4 is 86.1 Å². The van der Waals surface area contributed by atoms with E-state index in [9.17, 15) is 4.79 Å². The third-order valence-corrected chi connectivity index (χ3v) is 33.1. The molecule has 0 saturated heterocycles. The Kier molecular flexibility index (Phi) is 15.6. The Morgan fingerprint density at radius 2 is 1.42 bits per heavy atom. The van der Waals surface area contributed by atoms with Gasteiger partial charge in [0.2, 0.25) is 16.6 Å². The van der Waals surface area contributed by atoms with Crippen molar-refractivity contribution < 1.29 is 31.0 Å². The van der Waals surface area contributed by atoms with E-state index in [4.69, 9.17) is 26.2 Å². The van der Waals surface area contributed by atoms with E-state index in [1.165, 1.54) is 6.04 Å². The molecule has 0 aliphatic rings. The highest BCUT2D eigenvalue weighted by Crippen LogP contribution is 2.52. The average molecular weight is 689 g/mol. The second kappa shape index (κ2) is 15.3. The zero-order chi connectivity index (χ0) is 30.2. The van der Waals surface area contributed by atoms with Crippen LogP contribution in [0, 0.1) is 0 Å². The molecule has 0 spiro atoms. The molecular formula is C22H60O7Si9. The van der Waals surface area contributed by atoms with Crippen molar-refractivity contribution in [3.63, 3.8) is 0 Å². The smallest absolute Gasteiger partial charge is 0.371 e. The molecule has 0 N–H and O–H groups in total. The topological polar surface area (TPSA) is 72.5 Å². The molecule has 0 saturated carbocycles. The van der Waals surface area contributed by atoms with Crippen molar-refractivity contribution in [2.24, 2.45) is 0 Å². The van der Waals surface area contributed by atoms with Gasteiger partial charge in [0.15, 0.2) is 34.2 Å². The van der Waals surface area contributed by atoms with Gasteiger partial charge < -0.3 is 21.7 Å². The number of allylic oxidation sites excluding steroid dienone is 1. The van der Waals surface area contributed by atoms with Gasteiger partial charge in [-0.3, -0.25) is 0 Å². The molecule has 0 amide bonds. The molecule has 7 nitrogen and oxygen atoms in total. The minimum Gasteiger partial charge on any atom is -0.547 e. The van der Waals surface area contributed by atoms with Gasteiger partial charge in [-0.2, -0.15) is 0 Å². The summed E-state index contributed by atoms with van der Waals surface area (Å²) < 4.78 is 31.4. The van der Waals surface area contributed by atoms with E-state index in [1.54, 1.807) is 0 Å². The number of hydrogen-bond donors (Lipinski definition) is 0. The van der Waals surface area contributed by atoms with Gasteiger partial charge in [0.05, 0.1) is 11.3 Å². The Bertz CT molecular complexity index is 788. The van der Waals surface area contributed by atoms with E-state index in [0.29, 0.717) is 21.8 Å². The van der Waals surface area contributed by atoms with Gasteiger partial charge in [0, 0.05) is 13.7 Å². The summed E-state index contributed by atoms with van der Waals surface area (Å²) in [5, 5.41) is 0. The van der Waals surface area contributed by atoms with E-state index < -0.39 is 61.5 Å². The summed E-state index contributed by atoms with van der Waals surface area (Å²) in [4.78, 5) is 19.7. The minimum absolute atomic E-state index is 0.309. The fourth-order valence-corrected chi connectivity index (χ4v) is 32.6. The quantitative estimate of drug-likeness (QED) is 0.0543. The summed E-state index contributed by atoms with van der Waals surface area (Å²) >= 11 is 0. The molecule has 0 bridgehead atoms. The van der Waals surface area contributed by atoms with Crippen LogP contribution in [0.5, 0.6) is 0 Å². The van der Waals surface area contributed by atoms with Gasteiger partial charge in [-0.05, 0) is 98.5 Å². The molecule has 0 rings (SSSR count). The predicted octanol–water partition coefficient (Wildman–Crippen LogP) is 3.77. The Labute approximate surface area is 249 Å². The lowest BCUT2D eigenvalue weighted by molar-refractivity contribution is -0.215. The van der Waals surface area contributed by atoms with Crippen LogP contribution in [0.2, 0.25) is 102 Å². The van der Waals surface area contributed by atoms with Gasteiger partial charge in [-0.1, -0.05) is 19.0 Å². The summed E-state index contributed by atoms with van der Waals surface area (Å²) in [6, 6.07) is 1.21. The molecular weight excluding hydrogens is 629 g/mol. The van der Waals surface area contributed by atoms with Crippen LogP contribution in [0.25, 0.3) is 0 Å². The van der Waals surface area contributed by atoms with Crippen molar-refractivity contribution in [3.05, 3.63) is 11.3 Å². The number of rotatable bonds is 18. The molecule has 0 aromatic carbocycles. The number of hydrogen-bond acceptors (Lipinski definition) is 7. The van der Waals surface area contributed by atoms with E-state index in [2.05, 4.69) is 72.0 Å². The Morgan fingerprint density at radius 1 is 0.868 bits per heavy atom. The molecule has 0 fully saturated rings. The van der Waals surface area contributed by atoms with E-state index >= 15 is 0 Å². The molecule has 16 heteroatoms. The van der Waals surface area contributed by atoms with Gasteiger partial charge in [-0.15, -0.1) is 0 Å². The van der Waals surface area contributed by atoms with E-state index in [0.717, 1.165) is 12.8 Å². The minimum atomic E-state index is -2.53. The van der Waals surface area contributed by atoms with Crippen molar-refractivity contribution in [2.75, 3.05) is 0 Å². The third kappa shape index (κ3) is 14.1. The molecule has 1 unspecified atom stereocenters. The number of carbonyl (C=O) groups is 1. The van der Waals surface area contributed by atoms with Crippen LogP contribution in [0.4, 0.5) is 0 Å². The second-order valence-corrected chi connectivity index (χ2v) is 49.8. The van der Waals surface area contributed by atoms with Crippen LogP contribution in [0.1, 0.15) is 19.8 Å². The van der Waals surface area contributed by atoms with Crippen molar-refractivity contribution in [2.45, 2.75) is 122 Å². The van der Waals surface area contributed by atoms with Gasteiger partial charge in [0.25, 0.3) is 0 Å². The first-order valence-corrected chi connectivity index (χ1v) is 37.5. The molecule has 0 aromatic rings. The van der Waals surface area contributed by atoms with Gasteiger partial charge in [-0.25, -0.2) is 9.37 Å². The van der Waals surface area contributed by atoms with Crippen LogP contribution in [0.15, 0.2) is 11.3 Å². The van der Waals surface area contributed by atoms with Gasteiger partial charge in [0.1, 0.15) is 20.2 Å². The van der Waals surface area contributed by atoms with Crippen molar-refractivity contribution in [1.82, 2.24) is 0 Å². The third-order valence-electron chi connectivity index (χ3n) is 6.13. The molecule has 0 heterocycles. The standard InChI is InChI=1S/C22H60O7Si9/c1-19(25-34(3,4)5)20(21(23)24-26-35(6,7)8)22(33-27-30,37(12,13)29-36(9,10)11)17-16-18-32-38(14,15)28-31-2/h16-18,31-33H2,1-15,30H3. The van der Waals surface area contributed by atoms with Gasteiger partial charge >= 0.3 is 5.97 Å². The molecule has 226 valence electrons. The first-order valence-electron chi connectivity index (χ1n) is 14.1. The highest BCUT2D eigenvalue weighted by Gasteiger charge is 2.56. The SMILES string of the molecule is C[SiH2]O[Si](C)(C)[SiH2]CCCC([SiH2]O[SiH3])(C(C(=O)OO[Si](C)(C)C)=C(C)O[Si](C)(C)C)[Si](C)(C)O[Si](C)(C)C. The molecule has 0 aromatic heterocycles. The number of carbonyl (C=O) groups excluding carboxylic acids is 1. The molecule has 0 aliphatic heterocycles. The molecule has 0 radical (unpaired) electrons. The normalized spacial score (nSPS) is 17.1. The van der Waals surface area contributed by atoms with Crippen LogP contribution in [0.3, 0.4) is 0 Å². The fraction of sp³-hybridized carbons (Fsp3) is 0.864. The largest absolute Gasteiger partial charge is 0.547 e. The summed E-state index contributed by atoms with van der Waals surface area (Å²) in [5.41, 5.74) is 0.631. The lowest BCUT2D eigenvalue weighted by Crippen LogP contribution is -2.57. The second-order valence-electron chi connectivity index (χ2n) is 14.4. The summed E-state index contributed by atoms with van der Waals surface area (Å²) in [7, 11) is -11.3. The van der Waals surface area contributed by atoms with Crippen LogP contribution >= 0.6 is 0 Å². The lowest BCUT2D eigenvalue weighted by atomic mass is 10.1. The summed E-state index contributed by atoms with van der Waals surface area (Å²) in [6.07, 6.45) is 1.92. The van der Waals surface area contributed by atoms with E-state index in [1.807, 2.05) is 26.6 Å². The first-order chi connectivity index (χ1) is 16.9. The zero-order valence-corrected chi connectivity index (χ0v) is 38.8. The monoisotopic (exact) mass is 688 g/mol. The van der Waals surface area contributed by atoms with E-state index in [-0.39, 0.29) is 18.8 Å². The zero-order valence-electron chi connectivity index (χ0n) is 27.6.